The number of nitrogens with one attached hydrogen (secondary N) is 1. The average molecular weight is 494 g/mol. The van der Waals surface area contributed by atoms with E-state index < -0.39 is 0 Å². The maximum atomic E-state index is 12.6. The topological polar surface area (TPSA) is 65.4 Å². The lowest BCUT2D eigenvalue weighted by Gasteiger charge is -2.12. The Bertz CT molecular complexity index is 1250. The van der Waals surface area contributed by atoms with Crippen molar-refractivity contribution >= 4 is 32.9 Å². The van der Waals surface area contributed by atoms with Crippen LogP contribution >= 0.6 is 15.9 Å². The normalized spacial score (nSPS) is 10.8. The van der Waals surface area contributed by atoms with Crippen molar-refractivity contribution in [2.24, 2.45) is 0 Å². The standard InChI is InChI=1S/C25H24BrN3O3/c1-31-22-11-10-18(15-23(22)32-2)25(30)27-13-12-24-28-20-8-3-4-9-21(20)29(24)16-17-6-5-7-19(26)14-17/h3-11,14-15H,12-13,16H2,1-2H3,(H,27,30). The van der Waals surface area contributed by atoms with Crippen LogP contribution in [0.5, 0.6) is 11.5 Å². The summed E-state index contributed by atoms with van der Waals surface area (Å²) in [5, 5.41) is 2.98. The van der Waals surface area contributed by atoms with E-state index in [1.165, 1.54) is 5.56 Å². The van der Waals surface area contributed by atoms with E-state index in [0.29, 0.717) is 36.6 Å². The van der Waals surface area contributed by atoms with Gasteiger partial charge in [-0.15, -0.1) is 0 Å². The Hall–Kier alpha value is -3.32. The Kier molecular flexibility index (Phi) is 6.75. The molecule has 0 aliphatic heterocycles. The number of hydrogen-bond acceptors (Lipinski definition) is 4. The van der Waals surface area contributed by atoms with Crippen LogP contribution in [-0.2, 0) is 13.0 Å². The highest BCUT2D eigenvalue weighted by atomic mass is 79.9. The van der Waals surface area contributed by atoms with Gasteiger partial charge in [-0.05, 0) is 48.0 Å². The van der Waals surface area contributed by atoms with E-state index in [2.05, 4.69) is 44.0 Å². The summed E-state index contributed by atoms with van der Waals surface area (Å²) < 4.78 is 13.8. The van der Waals surface area contributed by atoms with Crippen LogP contribution in [0, 0.1) is 0 Å². The maximum absolute atomic E-state index is 12.6. The van der Waals surface area contributed by atoms with Crippen LogP contribution < -0.4 is 14.8 Å². The minimum absolute atomic E-state index is 0.166. The zero-order valence-electron chi connectivity index (χ0n) is 18.0. The van der Waals surface area contributed by atoms with Crippen molar-refractivity contribution in [3.63, 3.8) is 0 Å². The van der Waals surface area contributed by atoms with Crippen molar-refractivity contribution in [1.29, 1.82) is 0 Å². The number of rotatable bonds is 8. The molecule has 0 saturated carbocycles. The lowest BCUT2D eigenvalue weighted by molar-refractivity contribution is 0.0953. The molecular weight excluding hydrogens is 470 g/mol. The van der Waals surface area contributed by atoms with Crippen molar-refractivity contribution in [1.82, 2.24) is 14.9 Å². The number of para-hydroxylation sites is 2. The molecule has 4 aromatic rings. The predicted octanol–water partition coefficient (Wildman–Crippen LogP) is 4.84. The highest BCUT2D eigenvalue weighted by Crippen LogP contribution is 2.27. The molecule has 0 fully saturated rings. The zero-order valence-corrected chi connectivity index (χ0v) is 19.6. The predicted molar refractivity (Wildman–Crippen MR) is 129 cm³/mol. The summed E-state index contributed by atoms with van der Waals surface area (Å²) in [6, 6.07) is 21.5. The second-order valence-electron chi connectivity index (χ2n) is 7.31. The number of hydrogen-bond donors (Lipinski definition) is 1. The van der Waals surface area contributed by atoms with E-state index in [0.717, 1.165) is 21.3 Å². The highest BCUT2D eigenvalue weighted by molar-refractivity contribution is 9.10. The number of halogens is 1. The number of ether oxygens (including phenoxy) is 2. The third-order valence-corrected chi connectivity index (χ3v) is 5.74. The molecule has 1 heterocycles. The molecule has 0 saturated heterocycles. The number of carbonyl (C=O) groups is 1. The van der Waals surface area contributed by atoms with Crippen LogP contribution in [0.25, 0.3) is 11.0 Å². The lowest BCUT2D eigenvalue weighted by atomic mass is 10.2. The van der Waals surface area contributed by atoms with Gasteiger partial charge in [0.15, 0.2) is 11.5 Å². The Morgan fingerprint density at radius 2 is 1.81 bits per heavy atom. The summed E-state index contributed by atoms with van der Waals surface area (Å²) in [5.41, 5.74) is 3.72. The summed E-state index contributed by atoms with van der Waals surface area (Å²) in [4.78, 5) is 17.5. The van der Waals surface area contributed by atoms with Crippen LogP contribution in [0.3, 0.4) is 0 Å². The van der Waals surface area contributed by atoms with Crippen molar-refractivity contribution in [3.8, 4) is 11.5 Å². The lowest BCUT2D eigenvalue weighted by Crippen LogP contribution is -2.26. The van der Waals surface area contributed by atoms with Crippen LogP contribution in [0.2, 0.25) is 0 Å². The molecular formula is C25H24BrN3O3. The maximum Gasteiger partial charge on any atom is 0.251 e. The first kappa shape index (κ1) is 21.9. The third-order valence-electron chi connectivity index (χ3n) is 5.24. The van der Waals surface area contributed by atoms with Gasteiger partial charge in [-0.1, -0.05) is 40.2 Å². The molecule has 7 heteroatoms. The molecule has 164 valence electrons. The van der Waals surface area contributed by atoms with Crippen LogP contribution in [-0.4, -0.2) is 36.2 Å². The molecule has 0 radical (unpaired) electrons. The fourth-order valence-electron chi connectivity index (χ4n) is 3.68. The summed E-state index contributed by atoms with van der Waals surface area (Å²) in [6.07, 6.45) is 0.613. The van der Waals surface area contributed by atoms with Gasteiger partial charge < -0.3 is 19.4 Å². The monoisotopic (exact) mass is 493 g/mol. The Morgan fingerprint density at radius 3 is 2.59 bits per heavy atom. The Morgan fingerprint density at radius 1 is 1.00 bits per heavy atom. The van der Waals surface area contributed by atoms with Crippen LogP contribution in [0.4, 0.5) is 0 Å². The summed E-state index contributed by atoms with van der Waals surface area (Å²) in [5.74, 6) is 1.88. The van der Waals surface area contributed by atoms with Gasteiger partial charge in [0, 0.05) is 29.5 Å². The molecule has 4 rings (SSSR count). The zero-order chi connectivity index (χ0) is 22.5. The molecule has 32 heavy (non-hydrogen) atoms. The summed E-state index contributed by atoms with van der Waals surface area (Å²) >= 11 is 3.54. The largest absolute Gasteiger partial charge is 0.493 e. The van der Waals surface area contributed by atoms with E-state index in [4.69, 9.17) is 14.5 Å². The molecule has 3 aromatic carbocycles. The highest BCUT2D eigenvalue weighted by Gasteiger charge is 2.13. The molecule has 1 aromatic heterocycles. The summed E-state index contributed by atoms with van der Waals surface area (Å²) in [7, 11) is 3.12. The Labute approximate surface area is 195 Å². The van der Waals surface area contributed by atoms with E-state index in [-0.39, 0.29) is 5.91 Å². The fraction of sp³-hybridized carbons (Fsp3) is 0.200. The van der Waals surface area contributed by atoms with Gasteiger partial charge in [-0.3, -0.25) is 4.79 Å². The van der Waals surface area contributed by atoms with Crippen molar-refractivity contribution in [2.45, 2.75) is 13.0 Å². The number of amides is 1. The summed E-state index contributed by atoms with van der Waals surface area (Å²) in [6.45, 7) is 1.17. The van der Waals surface area contributed by atoms with Gasteiger partial charge in [0.1, 0.15) is 5.82 Å². The molecule has 0 aliphatic rings. The number of methoxy groups -OCH3 is 2. The number of aromatic nitrogens is 2. The molecule has 0 unspecified atom stereocenters. The third kappa shape index (κ3) is 4.78. The molecule has 0 aliphatic carbocycles. The van der Waals surface area contributed by atoms with E-state index in [9.17, 15) is 4.79 Å². The Balaban J connectivity index is 1.50. The molecule has 0 bridgehead atoms. The molecule has 1 amide bonds. The fourth-order valence-corrected chi connectivity index (χ4v) is 4.12. The molecule has 0 atom stereocenters. The minimum atomic E-state index is -0.166. The van der Waals surface area contributed by atoms with Gasteiger partial charge in [-0.2, -0.15) is 0 Å². The van der Waals surface area contributed by atoms with E-state index >= 15 is 0 Å². The van der Waals surface area contributed by atoms with Gasteiger partial charge in [0.2, 0.25) is 0 Å². The van der Waals surface area contributed by atoms with Crippen LogP contribution in [0.15, 0.2) is 71.2 Å². The molecule has 0 spiro atoms. The minimum Gasteiger partial charge on any atom is -0.493 e. The SMILES string of the molecule is COc1ccc(C(=O)NCCc2nc3ccccc3n2Cc2cccc(Br)c2)cc1OC. The van der Waals surface area contributed by atoms with Crippen molar-refractivity contribution in [2.75, 3.05) is 20.8 Å². The first-order valence-electron chi connectivity index (χ1n) is 10.3. The molecule has 1 N–H and O–H groups in total. The quantitative estimate of drug-likeness (QED) is 0.381. The van der Waals surface area contributed by atoms with Crippen molar-refractivity contribution < 1.29 is 14.3 Å². The van der Waals surface area contributed by atoms with Gasteiger partial charge >= 0.3 is 0 Å². The van der Waals surface area contributed by atoms with Crippen LogP contribution in [0.1, 0.15) is 21.7 Å². The number of imidazole rings is 1. The number of fused-ring (bicyclic) bond motifs is 1. The van der Waals surface area contributed by atoms with Gasteiger partial charge in [0.25, 0.3) is 5.91 Å². The van der Waals surface area contributed by atoms with Crippen molar-refractivity contribution in [3.05, 3.63) is 88.2 Å². The number of carbonyl (C=O) groups excluding carboxylic acids is 1. The smallest absolute Gasteiger partial charge is 0.251 e. The van der Waals surface area contributed by atoms with E-state index in [1.54, 1.807) is 32.4 Å². The van der Waals surface area contributed by atoms with Gasteiger partial charge in [0.05, 0.1) is 25.3 Å². The second kappa shape index (κ2) is 9.87. The number of nitrogens with zero attached hydrogens (tertiary/aromatic N) is 2. The van der Waals surface area contributed by atoms with Gasteiger partial charge in [-0.25, -0.2) is 4.98 Å². The first-order chi connectivity index (χ1) is 15.6. The molecule has 6 nitrogen and oxygen atoms in total. The number of benzene rings is 3. The average Bonchev–Trinajstić information content (AvgIpc) is 3.15. The first-order valence-corrected chi connectivity index (χ1v) is 11.1. The van der Waals surface area contributed by atoms with E-state index in [1.807, 2.05) is 30.3 Å². The second-order valence-corrected chi connectivity index (χ2v) is 8.22.